The molecule has 0 amide bonds. The maximum absolute atomic E-state index is 10.7. The van der Waals surface area contributed by atoms with Gasteiger partial charge in [-0.15, -0.1) is 5.10 Å². The summed E-state index contributed by atoms with van der Waals surface area (Å²) in [5.74, 6) is -1.45. The van der Waals surface area contributed by atoms with Crippen LogP contribution in [0.5, 0.6) is 0 Å². The zero-order valence-corrected chi connectivity index (χ0v) is 8.09. The quantitative estimate of drug-likeness (QED) is 0.824. The molecular weight excluding hydrogens is 220 g/mol. The van der Waals surface area contributed by atoms with Gasteiger partial charge in [0, 0.05) is 5.02 Å². The average molecular weight is 225 g/mol. The molecule has 15 heavy (non-hydrogen) atoms. The van der Waals surface area contributed by atoms with Gasteiger partial charge in [-0.2, -0.15) is 4.68 Å². The van der Waals surface area contributed by atoms with Gasteiger partial charge >= 0.3 is 5.97 Å². The number of hydrogen-bond donors (Lipinski definition) is 1. The van der Waals surface area contributed by atoms with Gasteiger partial charge in [0.15, 0.2) is 0 Å². The zero-order valence-electron chi connectivity index (χ0n) is 7.33. The van der Waals surface area contributed by atoms with Crippen molar-refractivity contribution in [1.29, 1.82) is 0 Å². The van der Waals surface area contributed by atoms with Crippen LogP contribution in [0.2, 0.25) is 5.02 Å². The average Bonchev–Trinajstić information content (AvgIpc) is 2.65. The third kappa shape index (κ3) is 1.79. The van der Waals surface area contributed by atoms with E-state index in [1.54, 1.807) is 24.3 Å². The summed E-state index contributed by atoms with van der Waals surface area (Å²) in [6.07, 6.45) is 0. The molecule has 0 saturated heterocycles. The second-order valence-electron chi connectivity index (χ2n) is 2.70. The molecule has 1 heterocycles. The summed E-state index contributed by atoms with van der Waals surface area (Å²) < 4.78 is 1.11. The van der Waals surface area contributed by atoms with Gasteiger partial charge in [0.2, 0.25) is 0 Å². The summed E-state index contributed by atoms with van der Waals surface area (Å²) in [6, 6.07) is 6.60. The first-order valence-electron chi connectivity index (χ1n) is 3.96. The molecule has 7 heteroatoms. The van der Waals surface area contributed by atoms with Crippen molar-refractivity contribution >= 4 is 17.6 Å². The molecule has 0 aliphatic carbocycles. The predicted octanol–water partition coefficient (Wildman–Crippen LogP) is 1.01. The first kappa shape index (κ1) is 9.60. The van der Waals surface area contributed by atoms with E-state index >= 15 is 0 Å². The predicted molar refractivity (Wildman–Crippen MR) is 51.1 cm³/mol. The van der Waals surface area contributed by atoms with Crippen molar-refractivity contribution in [2.75, 3.05) is 0 Å². The fourth-order valence-electron chi connectivity index (χ4n) is 1.10. The van der Waals surface area contributed by atoms with Gasteiger partial charge < -0.3 is 5.11 Å². The highest BCUT2D eigenvalue weighted by Crippen LogP contribution is 2.14. The molecular formula is C8H5ClN4O2. The molecule has 0 fully saturated rings. The molecule has 0 aliphatic heterocycles. The van der Waals surface area contributed by atoms with Crippen molar-refractivity contribution in [2.45, 2.75) is 0 Å². The number of aromatic carboxylic acids is 1. The van der Waals surface area contributed by atoms with Crippen LogP contribution in [0.3, 0.4) is 0 Å². The van der Waals surface area contributed by atoms with Crippen LogP contribution in [0.25, 0.3) is 5.69 Å². The Balaban J connectivity index is 2.54. The van der Waals surface area contributed by atoms with Gasteiger partial charge in [0.1, 0.15) is 0 Å². The second-order valence-corrected chi connectivity index (χ2v) is 3.14. The molecule has 0 saturated carbocycles. The van der Waals surface area contributed by atoms with E-state index in [1.807, 2.05) is 0 Å². The molecule has 0 aliphatic rings. The Morgan fingerprint density at radius 1 is 1.47 bits per heavy atom. The highest BCUT2D eigenvalue weighted by molar-refractivity contribution is 6.30. The zero-order chi connectivity index (χ0) is 10.8. The Morgan fingerprint density at radius 3 is 2.93 bits per heavy atom. The highest BCUT2D eigenvalue weighted by Gasteiger charge is 2.14. The van der Waals surface area contributed by atoms with Crippen LogP contribution in [-0.4, -0.2) is 31.3 Å². The largest absolute Gasteiger partial charge is 0.475 e. The monoisotopic (exact) mass is 224 g/mol. The molecule has 0 bridgehead atoms. The number of rotatable bonds is 2. The van der Waals surface area contributed by atoms with E-state index in [0.717, 1.165) is 4.68 Å². The number of carbonyl (C=O) groups is 1. The molecule has 0 spiro atoms. The van der Waals surface area contributed by atoms with Crippen molar-refractivity contribution in [1.82, 2.24) is 20.2 Å². The van der Waals surface area contributed by atoms with E-state index in [1.165, 1.54) is 0 Å². The third-order valence-electron chi connectivity index (χ3n) is 1.71. The first-order chi connectivity index (χ1) is 7.18. The molecule has 76 valence electrons. The molecule has 1 N–H and O–H groups in total. The van der Waals surface area contributed by atoms with Crippen LogP contribution in [0.1, 0.15) is 10.6 Å². The van der Waals surface area contributed by atoms with Gasteiger partial charge in [0.05, 0.1) is 5.69 Å². The van der Waals surface area contributed by atoms with Gasteiger partial charge in [0.25, 0.3) is 5.82 Å². The van der Waals surface area contributed by atoms with Crippen LogP contribution in [0.15, 0.2) is 24.3 Å². The van der Waals surface area contributed by atoms with Crippen molar-refractivity contribution in [2.24, 2.45) is 0 Å². The minimum atomic E-state index is -1.19. The molecule has 6 nitrogen and oxygen atoms in total. The Hall–Kier alpha value is -1.95. The minimum Gasteiger partial charge on any atom is -0.475 e. The molecule has 2 aromatic rings. The van der Waals surface area contributed by atoms with E-state index in [2.05, 4.69) is 15.5 Å². The number of aromatic nitrogens is 4. The van der Waals surface area contributed by atoms with E-state index in [9.17, 15) is 4.79 Å². The molecule has 0 unspecified atom stereocenters. The summed E-state index contributed by atoms with van der Waals surface area (Å²) in [6.45, 7) is 0. The normalized spacial score (nSPS) is 10.2. The van der Waals surface area contributed by atoms with Crippen molar-refractivity contribution in [3.8, 4) is 5.69 Å². The molecule has 2 rings (SSSR count). The third-order valence-corrected chi connectivity index (χ3v) is 1.95. The van der Waals surface area contributed by atoms with Gasteiger partial charge in [-0.25, -0.2) is 4.79 Å². The standard InChI is InChI=1S/C8H5ClN4O2/c9-5-2-1-3-6(4-5)13-7(8(14)15)10-11-12-13/h1-4H,(H,14,15). The number of halogens is 1. The lowest BCUT2D eigenvalue weighted by molar-refractivity contribution is 0.0680. The Bertz CT molecular complexity index is 511. The Morgan fingerprint density at radius 2 is 2.27 bits per heavy atom. The lowest BCUT2D eigenvalue weighted by atomic mass is 10.3. The Kier molecular flexibility index (Phi) is 2.34. The van der Waals surface area contributed by atoms with E-state index in [4.69, 9.17) is 16.7 Å². The smallest absolute Gasteiger partial charge is 0.376 e. The molecule has 0 atom stereocenters. The van der Waals surface area contributed by atoms with Crippen LogP contribution in [0.4, 0.5) is 0 Å². The summed E-state index contributed by atoms with van der Waals surface area (Å²) in [7, 11) is 0. The summed E-state index contributed by atoms with van der Waals surface area (Å²) >= 11 is 5.76. The number of benzene rings is 1. The van der Waals surface area contributed by atoms with E-state index in [0.29, 0.717) is 10.7 Å². The maximum Gasteiger partial charge on any atom is 0.376 e. The van der Waals surface area contributed by atoms with Gasteiger partial charge in [-0.3, -0.25) is 0 Å². The van der Waals surface area contributed by atoms with Crippen LogP contribution >= 0.6 is 11.6 Å². The van der Waals surface area contributed by atoms with Crippen LogP contribution in [0, 0.1) is 0 Å². The number of nitrogens with zero attached hydrogens (tertiary/aromatic N) is 4. The van der Waals surface area contributed by atoms with Crippen LogP contribution in [-0.2, 0) is 0 Å². The number of carboxylic acids is 1. The van der Waals surface area contributed by atoms with E-state index < -0.39 is 5.97 Å². The van der Waals surface area contributed by atoms with Gasteiger partial charge in [-0.05, 0) is 28.6 Å². The topological polar surface area (TPSA) is 80.9 Å². The molecule has 1 aromatic heterocycles. The lowest BCUT2D eigenvalue weighted by Gasteiger charge is -2.01. The molecule has 0 radical (unpaired) electrons. The summed E-state index contributed by atoms with van der Waals surface area (Å²) in [4.78, 5) is 10.7. The van der Waals surface area contributed by atoms with Gasteiger partial charge in [-0.1, -0.05) is 17.7 Å². The number of carboxylic acid groups (broad SMARTS) is 1. The minimum absolute atomic E-state index is 0.253. The summed E-state index contributed by atoms with van der Waals surface area (Å²) in [5.41, 5.74) is 0.505. The number of tetrazole rings is 1. The van der Waals surface area contributed by atoms with Crippen molar-refractivity contribution in [3.05, 3.63) is 35.1 Å². The van der Waals surface area contributed by atoms with Crippen molar-refractivity contribution in [3.63, 3.8) is 0 Å². The molecule has 1 aromatic carbocycles. The van der Waals surface area contributed by atoms with E-state index in [-0.39, 0.29) is 5.82 Å². The summed E-state index contributed by atoms with van der Waals surface area (Å²) in [5, 5.41) is 19.5. The fourth-order valence-corrected chi connectivity index (χ4v) is 1.29. The highest BCUT2D eigenvalue weighted by atomic mass is 35.5. The SMILES string of the molecule is O=C(O)c1nnnn1-c1cccc(Cl)c1. The number of hydrogen-bond acceptors (Lipinski definition) is 4. The second kappa shape index (κ2) is 3.66. The van der Waals surface area contributed by atoms with Crippen molar-refractivity contribution < 1.29 is 9.90 Å². The Labute approximate surface area is 89.1 Å². The first-order valence-corrected chi connectivity index (χ1v) is 4.34. The fraction of sp³-hybridized carbons (Fsp3) is 0. The maximum atomic E-state index is 10.7. The van der Waals surface area contributed by atoms with Crippen LogP contribution < -0.4 is 0 Å². The lowest BCUT2D eigenvalue weighted by Crippen LogP contribution is -2.09.